The van der Waals surface area contributed by atoms with E-state index in [1.807, 2.05) is 0 Å². The van der Waals surface area contributed by atoms with Crippen molar-refractivity contribution in [1.82, 2.24) is 4.57 Å². The molecule has 2 aliphatic rings. The third-order valence-electron chi connectivity index (χ3n) is 4.95. The Balaban J connectivity index is 1.70. The number of rotatable bonds is 2. The van der Waals surface area contributed by atoms with Crippen LogP contribution in [0.15, 0.2) is 12.3 Å². The van der Waals surface area contributed by atoms with Crippen LogP contribution < -0.4 is 0 Å². The molecule has 1 atom stereocenters. The van der Waals surface area contributed by atoms with Crippen LogP contribution in [0.2, 0.25) is 0 Å². The molecule has 2 aliphatic carbocycles. The lowest BCUT2D eigenvalue weighted by atomic mass is 9.83. The van der Waals surface area contributed by atoms with Crippen LogP contribution in [0.4, 0.5) is 0 Å². The third kappa shape index (κ3) is 2.35. The smallest absolute Gasteiger partial charge is 0.0807 e. The molecule has 18 heavy (non-hydrogen) atoms. The highest BCUT2D eigenvalue weighted by atomic mass is 16.3. The van der Waals surface area contributed by atoms with Crippen molar-refractivity contribution in [3.8, 4) is 0 Å². The van der Waals surface area contributed by atoms with Gasteiger partial charge in [-0.2, -0.15) is 0 Å². The normalized spacial score (nSPS) is 32.2. The molecule has 0 amide bonds. The zero-order valence-corrected chi connectivity index (χ0v) is 11.4. The number of aliphatic hydroxyl groups is 1. The van der Waals surface area contributed by atoms with Crippen molar-refractivity contribution in [2.24, 2.45) is 11.8 Å². The minimum Gasteiger partial charge on any atom is -0.388 e. The molecule has 0 spiro atoms. The molecule has 1 aromatic heterocycles. The number of nitrogens with zero attached hydrogens (tertiary/aromatic N) is 1. The molecule has 2 heteroatoms. The van der Waals surface area contributed by atoms with Crippen molar-refractivity contribution < 1.29 is 5.11 Å². The molecule has 100 valence electrons. The van der Waals surface area contributed by atoms with Crippen molar-refractivity contribution in [2.75, 3.05) is 0 Å². The van der Waals surface area contributed by atoms with Crippen LogP contribution in [0, 0.1) is 11.8 Å². The summed E-state index contributed by atoms with van der Waals surface area (Å²) in [4.78, 5) is 0. The quantitative estimate of drug-likeness (QED) is 0.847. The van der Waals surface area contributed by atoms with E-state index in [0.717, 1.165) is 31.1 Å². The van der Waals surface area contributed by atoms with Crippen molar-refractivity contribution in [3.63, 3.8) is 0 Å². The predicted molar refractivity (Wildman–Crippen MR) is 73.5 cm³/mol. The Bertz CT molecular complexity index is 401. The van der Waals surface area contributed by atoms with Crippen LogP contribution in [0.3, 0.4) is 0 Å². The van der Waals surface area contributed by atoms with Gasteiger partial charge >= 0.3 is 0 Å². The van der Waals surface area contributed by atoms with Gasteiger partial charge in [-0.25, -0.2) is 0 Å². The molecule has 0 radical (unpaired) electrons. The van der Waals surface area contributed by atoms with Gasteiger partial charge in [0, 0.05) is 24.0 Å². The van der Waals surface area contributed by atoms with Gasteiger partial charge in [-0.3, -0.25) is 0 Å². The van der Waals surface area contributed by atoms with Crippen LogP contribution in [0.25, 0.3) is 0 Å². The van der Waals surface area contributed by atoms with Gasteiger partial charge in [0.2, 0.25) is 0 Å². The zero-order chi connectivity index (χ0) is 12.5. The molecule has 1 aromatic rings. The Labute approximate surface area is 110 Å². The molecule has 1 heterocycles. The Hall–Kier alpha value is -0.760. The number of aliphatic hydroxyl groups excluding tert-OH is 1. The SMILES string of the molecule is CC1CCC(Cn2ccc3c2CCCC3O)CC1. The second-order valence-corrected chi connectivity index (χ2v) is 6.40. The number of hydrogen-bond donors (Lipinski definition) is 1. The molecule has 0 saturated heterocycles. The predicted octanol–water partition coefficient (Wildman–Crippen LogP) is 3.68. The van der Waals surface area contributed by atoms with Crippen LogP contribution in [-0.4, -0.2) is 9.67 Å². The Morgan fingerprint density at radius 1 is 1.22 bits per heavy atom. The average molecular weight is 247 g/mol. The van der Waals surface area contributed by atoms with Gasteiger partial charge in [-0.15, -0.1) is 0 Å². The topological polar surface area (TPSA) is 25.2 Å². The molecule has 1 saturated carbocycles. The standard InChI is InChI=1S/C16H25NO/c1-12-5-7-13(8-6-12)11-17-10-9-14-15(17)3-2-4-16(14)18/h9-10,12-13,16,18H,2-8,11H2,1H3. The highest BCUT2D eigenvalue weighted by Crippen LogP contribution is 2.33. The summed E-state index contributed by atoms with van der Waals surface area (Å²) in [6.45, 7) is 3.55. The van der Waals surface area contributed by atoms with E-state index in [0.29, 0.717) is 0 Å². The molecule has 0 aliphatic heterocycles. The molecule has 1 fully saturated rings. The summed E-state index contributed by atoms with van der Waals surface area (Å²) in [5.74, 6) is 1.79. The van der Waals surface area contributed by atoms with Gasteiger partial charge in [0.25, 0.3) is 0 Å². The first-order valence-electron chi connectivity index (χ1n) is 7.60. The lowest BCUT2D eigenvalue weighted by molar-refractivity contribution is 0.155. The summed E-state index contributed by atoms with van der Waals surface area (Å²) in [5, 5.41) is 10.0. The molecule has 2 nitrogen and oxygen atoms in total. The minimum atomic E-state index is -0.207. The lowest BCUT2D eigenvalue weighted by Crippen LogP contribution is -2.19. The zero-order valence-electron chi connectivity index (χ0n) is 11.4. The highest BCUT2D eigenvalue weighted by Gasteiger charge is 2.23. The van der Waals surface area contributed by atoms with Crippen LogP contribution in [0.5, 0.6) is 0 Å². The van der Waals surface area contributed by atoms with E-state index in [9.17, 15) is 5.11 Å². The maximum absolute atomic E-state index is 10.0. The third-order valence-corrected chi connectivity index (χ3v) is 4.95. The second-order valence-electron chi connectivity index (χ2n) is 6.40. The van der Waals surface area contributed by atoms with E-state index in [-0.39, 0.29) is 6.10 Å². The van der Waals surface area contributed by atoms with Crippen LogP contribution in [0.1, 0.15) is 62.8 Å². The average Bonchev–Trinajstić information content (AvgIpc) is 2.77. The summed E-state index contributed by atoms with van der Waals surface area (Å²) in [7, 11) is 0. The van der Waals surface area contributed by atoms with E-state index in [1.165, 1.54) is 43.5 Å². The van der Waals surface area contributed by atoms with Crippen molar-refractivity contribution >= 4 is 0 Å². The summed E-state index contributed by atoms with van der Waals surface area (Å²) in [5.41, 5.74) is 2.61. The van der Waals surface area contributed by atoms with Gasteiger partial charge in [0.05, 0.1) is 6.10 Å². The monoisotopic (exact) mass is 247 g/mol. The fraction of sp³-hybridized carbons (Fsp3) is 0.750. The van der Waals surface area contributed by atoms with E-state index >= 15 is 0 Å². The molecule has 0 aromatic carbocycles. The van der Waals surface area contributed by atoms with Gasteiger partial charge in [0.1, 0.15) is 0 Å². The van der Waals surface area contributed by atoms with E-state index in [2.05, 4.69) is 23.8 Å². The summed E-state index contributed by atoms with van der Waals surface area (Å²) in [6.07, 6.45) is 10.8. The number of hydrogen-bond acceptors (Lipinski definition) is 1. The van der Waals surface area contributed by atoms with Crippen molar-refractivity contribution in [1.29, 1.82) is 0 Å². The van der Waals surface area contributed by atoms with Gasteiger partial charge in [-0.1, -0.05) is 19.8 Å². The maximum Gasteiger partial charge on any atom is 0.0807 e. The molecule has 0 bridgehead atoms. The Kier molecular flexibility index (Phi) is 3.47. The van der Waals surface area contributed by atoms with E-state index in [4.69, 9.17) is 0 Å². The fourth-order valence-corrected chi connectivity index (χ4v) is 3.69. The first kappa shape index (κ1) is 12.3. The van der Waals surface area contributed by atoms with Crippen LogP contribution in [-0.2, 0) is 13.0 Å². The van der Waals surface area contributed by atoms with E-state index < -0.39 is 0 Å². The second kappa shape index (κ2) is 5.08. The van der Waals surface area contributed by atoms with Gasteiger partial charge in [0.15, 0.2) is 0 Å². The summed E-state index contributed by atoms with van der Waals surface area (Å²) < 4.78 is 2.43. The first-order valence-corrected chi connectivity index (χ1v) is 7.60. The van der Waals surface area contributed by atoms with E-state index in [1.54, 1.807) is 0 Å². The van der Waals surface area contributed by atoms with Crippen molar-refractivity contribution in [2.45, 2.75) is 64.5 Å². The summed E-state index contributed by atoms with van der Waals surface area (Å²) in [6, 6.07) is 2.14. The first-order chi connectivity index (χ1) is 8.74. The van der Waals surface area contributed by atoms with Crippen LogP contribution >= 0.6 is 0 Å². The summed E-state index contributed by atoms with van der Waals surface area (Å²) >= 11 is 0. The molecular formula is C16H25NO. The highest BCUT2D eigenvalue weighted by molar-refractivity contribution is 5.27. The molecule has 1 unspecified atom stereocenters. The largest absolute Gasteiger partial charge is 0.388 e. The molecule has 3 rings (SSSR count). The molecule has 1 N–H and O–H groups in total. The minimum absolute atomic E-state index is 0.207. The van der Waals surface area contributed by atoms with Gasteiger partial charge in [-0.05, 0) is 50.0 Å². The lowest BCUT2D eigenvalue weighted by Gasteiger charge is -2.28. The fourth-order valence-electron chi connectivity index (χ4n) is 3.69. The Morgan fingerprint density at radius 3 is 2.78 bits per heavy atom. The van der Waals surface area contributed by atoms with Gasteiger partial charge < -0.3 is 9.67 Å². The van der Waals surface area contributed by atoms with Crippen molar-refractivity contribution in [3.05, 3.63) is 23.5 Å². The number of aromatic nitrogens is 1. The molecular weight excluding hydrogens is 222 g/mol. The maximum atomic E-state index is 10.0. The Morgan fingerprint density at radius 2 is 2.00 bits per heavy atom. The number of fused-ring (bicyclic) bond motifs is 1.